The van der Waals surface area contributed by atoms with E-state index in [2.05, 4.69) is 31.7 Å². The summed E-state index contributed by atoms with van der Waals surface area (Å²) in [6.07, 6.45) is 1.70. The topological polar surface area (TPSA) is 406 Å². The molecule has 2 amide bonds. The number of aliphatic hydroxyl groups excluding tert-OH is 2. The molecule has 386 valence electrons. The first-order valence-corrected chi connectivity index (χ1v) is 26.5. The van der Waals surface area contributed by atoms with Crippen LogP contribution in [-0.4, -0.2) is 136 Å². The number of fused-ring (bicyclic) bond motifs is 3. The number of hydrazone groups is 2. The molecule has 77 heavy (non-hydrogen) atoms. The van der Waals surface area contributed by atoms with Gasteiger partial charge in [0.2, 0.25) is 11.6 Å². The number of ether oxygens (including phenoxy) is 1. The van der Waals surface area contributed by atoms with Crippen LogP contribution in [0.5, 0.6) is 5.75 Å². The summed E-state index contributed by atoms with van der Waals surface area (Å²) in [5.74, 6) is -2.31. The maximum Gasteiger partial charge on any atom is 1.00 e. The zero-order valence-corrected chi connectivity index (χ0v) is 53.0. The molecule has 2 aliphatic rings. The predicted octanol–water partition coefficient (Wildman–Crippen LogP) is -9.29. The third-order valence-corrected chi connectivity index (χ3v) is 13.7. The summed E-state index contributed by atoms with van der Waals surface area (Å²) < 4.78 is 149. The summed E-state index contributed by atoms with van der Waals surface area (Å²) in [7, 11) is -18.7. The zero-order chi connectivity index (χ0) is 53.6. The average molecular weight is 1170 g/mol. The molecule has 0 aliphatic heterocycles. The molecular formula is C44H39N7Na4O18S4. The maximum absolute atomic E-state index is 13.5. The van der Waals surface area contributed by atoms with Crippen LogP contribution in [0, 0.1) is 0 Å². The molecule has 5 aromatic rings. The van der Waals surface area contributed by atoms with E-state index in [0.717, 1.165) is 42.5 Å². The summed E-state index contributed by atoms with van der Waals surface area (Å²) >= 11 is 0. The van der Waals surface area contributed by atoms with Crippen LogP contribution in [0.1, 0.15) is 38.8 Å². The fraction of sp³-hybridized carbons (Fsp3) is 0.159. The van der Waals surface area contributed by atoms with Crippen LogP contribution in [0.15, 0.2) is 121 Å². The Balaban J connectivity index is 0.00000156. The molecule has 7 rings (SSSR count). The summed E-state index contributed by atoms with van der Waals surface area (Å²) in [4.78, 5) is 38.6. The van der Waals surface area contributed by atoms with Crippen molar-refractivity contribution < 1.29 is 199 Å². The number of aliphatic hydroxyl groups is 2. The number of rotatable bonds is 16. The van der Waals surface area contributed by atoms with E-state index >= 15 is 0 Å². The van der Waals surface area contributed by atoms with Crippen molar-refractivity contribution in [1.82, 2.24) is 4.90 Å². The van der Waals surface area contributed by atoms with Crippen molar-refractivity contribution in [2.45, 2.75) is 16.7 Å². The number of hydrogen-bond donors (Lipinski definition) is 6. The average Bonchev–Trinajstić information content (AvgIpc) is 3.30. The van der Waals surface area contributed by atoms with Gasteiger partial charge in [-0.1, -0.05) is 12.1 Å². The summed E-state index contributed by atoms with van der Waals surface area (Å²) in [5, 5.41) is 30.0. The summed E-state index contributed by atoms with van der Waals surface area (Å²) in [6.45, 7) is 3.17. The molecule has 0 fully saturated rings. The first kappa shape index (κ1) is 69.8. The number of anilines is 4. The van der Waals surface area contributed by atoms with Gasteiger partial charge in [0.25, 0.3) is 0 Å². The molecule has 25 nitrogen and oxygen atoms in total. The SMILES string of the molecule is CCOc1ccc(N/N=C2/C(=O)c3ccc(NC(=O)Nc4ccc5c(c4)C=C(S(=O)(=O)[O-])/C(=N/Nc4ccc6cc(S(=O)(=O)[O-])ccc6c4)C5=O)cc3C=C2S(=O)(=O)[O-])cc1S(=O)(=O)[O-].CN(CCO)CCO.[Na+].[Na+].[Na+].[Na+]. The van der Waals surface area contributed by atoms with E-state index in [1.807, 2.05) is 11.9 Å². The number of nitrogens with zero attached hydrogens (tertiary/aromatic N) is 3. The van der Waals surface area contributed by atoms with Gasteiger partial charge in [-0.2, -0.15) is 10.2 Å². The molecule has 0 spiro atoms. The minimum absolute atomic E-state index is 0. The van der Waals surface area contributed by atoms with Crippen molar-refractivity contribution in [3.05, 3.63) is 123 Å². The second-order valence-electron chi connectivity index (χ2n) is 15.4. The van der Waals surface area contributed by atoms with Gasteiger partial charge in [0, 0.05) is 35.6 Å². The summed E-state index contributed by atoms with van der Waals surface area (Å²) in [6, 6.07) is 17.4. The van der Waals surface area contributed by atoms with Gasteiger partial charge in [-0.25, -0.2) is 38.5 Å². The third-order valence-electron chi connectivity index (χ3n) is 10.3. The van der Waals surface area contributed by atoms with Gasteiger partial charge in [-0.15, -0.1) is 0 Å². The number of amides is 2. The Morgan fingerprint density at radius 2 is 1.00 bits per heavy atom. The van der Waals surface area contributed by atoms with Gasteiger partial charge in [-0.3, -0.25) is 20.4 Å². The molecule has 5 aromatic carbocycles. The van der Waals surface area contributed by atoms with E-state index in [1.54, 1.807) is 6.92 Å². The first-order valence-electron chi connectivity index (χ1n) is 20.8. The van der Waals surface area contributed by atoms with E-state index in [9.17, 15) is 66.3 Å². The Labute approximate surface area is 530 Å². The number of ketones is 2. The first-order chi connectivity index (χ1) is 34.2. The number of carbonyl (C=O) groups excluding carboxylic acids is 3. The van der Waals surface area contributed by atoms with Crippen molar-refractivity contribution in [2.24, 2.45) is 10.2 Å². The Hall–Kier alpha value is -3.29. The van der Waals surface area contributed by atoms with Crippen molar-refractivity contribution in [1.29, 1.82) is 0 Å². The van der Waals surface area contributed by atoms with Crippen molar-refractivity contribution in [3.8, 4) is 5.75 Å². The molecule has 0 saturated heterocycles. The monoisotopic (exact) mass is 1170 g/mol. The third kappa shape index (κ3) is 18.4. The number of likely N-dealkylation sites (N-methyl/N-ethyl adjacent to an activating group) is 1. The minimum Gasteiger partial charge on any atom is -0.744 e. The molecule has 0 bridgehead atoms. The Morgan fingerprint density at radius 3 is 1.43 bits per heavy atom. The quantitative estimate of drug-likeness (QED) is 0.0303. The zero-order valence-electron chi connectivity index (χ0n) is 41.8. The Morgan fingerprint density at radius 1 is 0.571 bits per heavy atom. The normalized spacial score (nSPS) is 14.1. The van der Waals surface area contributed by atoms with Gasteiger partial charge in [0.15, 0.2) is 0 Å². The fourth-order valence-electron chi connectivity index (χ4n) is 6.91. The molecule has 6 N–H and O–H groups in total. The Kier molecular flexibility index (Phi) is 26.7. The molecule has 0 unspecified atom stereocenters. The van der Waals surface area contributed by atoms with Gasteiger partial charge < -0.3 is 48.7 Å². The van der Waals surface area contributed by atoms with E-state index in [1.165, 1.54) is 60.7 Å². The minimum atomic E-state index is -5.40. The molecule has 0 atom stereocenters. The summed E-state index contributed by atoms with van der Waals surface area (Å²) in [5.41, 5.74) is 2.61. The predicted molar refractivity (Wildman–Crippen MR) is 261 cm³/mol. The van der Waals surface area contributed by atoms with Crippen LogP contribution in [0.3, 0.4) is 0 Å². The van der Waals surface area contributed by atoms with Gasteiger partial charge in [-0.05, 0) is 127 Å². The largest absolute Gasteiger partial charge is 1.00 e. The Bertz CT molecular complexity index is 3670. The molecular weight excluding hydrogens is 1130 g/mol. The fourth-order valence-corrected chi connectivity index (χ4v) is 9.35. The van der Waals surface area contributed by atoms with E-state index in [4.69, 9.17) is 14.9 Å². The van der Waals surface area contributed by atoms with Gasteiger partial charge >= 0.3 is 124 Å². The molecule has 2 aliphatic carbocycles. The van der Waals surface area contributed by atoms with Crippen LogP contribution in [-0.2, 0) is 40.5 Å². The standard InChI is InChI=1S/C39H30N6O16S4.C5H13NO2.4Na/c1-2-61-31-12-8-27(19-32(31)63(52,53)54)43-45-36-34(65(58,59)60)18-23-15-25(7-11-30(23)38(36)47)41-39(48)40-24-6-10-29-22(14-24)17-33(64(55,56)57)35(37(29)46)44-42-26-5-3-21-16-28(62(49,50)51)9-4-20(21)13-26;1-6(2-4-7)3-5-8;;;;/h3-19,42-43H,2H2,1H3,(H2,40,41,48)(H,49,50,51)(H,52,53,54)(H,55,56,57)(H,58,59,60);7-8H,2-5H2,1H3;;;;/q;;4*+1/p-4/b44-35-,45-36+;;;;;. The molecule has 0 radical (unpaired) electrons. The van der Waals surface area contributed by atoms with Crippen LogP contribution < -0.4 is 144 Å². The number of allylic oxidation sites excluding steroid dienone is 2. The molecule has 0 saturated carbocycles. The van der Waals surface area contributed by atoms with E-state index < -0.39 is 89.1 Å². The second-order valence-corrected chi connectivity index (χ2v) is 20.8. The second kappa shape index (κ2) is 29.4. The van der Waals surface area contributed by atoms with Crippen molar-refractivity contribution in [2.75, 3.05) is 61.4 Å². The van der Waals surface area contributed by atoms with Crippen LogP contribution in [0.4, 0.5) is 27.5 Å². The molecule has 33 heteroatoms. The van der Waals surface area contributed by atoms with Crippen LogP contribution in [0.25, 0.3) is 22.9 Å². The maximum atomic E-state index is 13.5. The number of nitrogens with one attached hydrogen (secondary N) is 4. The van der Waals surface area contributed by atoms with Gasteiger partial charge in [0.1, 0.15) is 57.6 Å². The number of Topliss-reactive ketones (excluding diaryl/α,β-unsaturated/α-hetero) is 2. The van der Waals surface area contributed by atoms with Crippen LogP contribution in [0.2, 0.25) is 0 Å². The van der Waals surface area contributed by atoms with Gasteiger partial charge in [0.05, 0.1) is 50.8 Å². The number of hydrogen-bond acceptors (Lipinski definition) is 23. The van der Waals surface area contributed by atoms with Crippen molar-refractivity contribution >= 4 is 115 Å². The molecule has 0 heterocycles. The number of benzene rings is 5. The number of carbonyl (C=O) groups is 3. The van der Waals surface area contributed by atoms with E-state index in [0.29, 0.717) is 23.9 Å². The van der Waals surface area contributed by atoms with E-state index in [-0.39, 0.29) is 189 Å². The van der Waals surface area contributed by atoms with Crippen LogP contribution >= 0.6 is 0 Å². The number of urea groups is 1. The van der Waals surface area contributed by atoms with Crippen molar-refractivity contribution in [3.63, 3.8) is 0 Å². The smallest absolute Gasteiger partial charge is 0.744 e. The molecule has 0 aromatic heterocycles.